The van der Waals surface area contributed by atoms with Crippen molar-refractivity contribution in [1.29, 1.82) is 0 Å². The van der Waals surface area contributed by atoms with Crippen molar-refractivity contribution in [3.05, 3.63) is 12.2 Å². The van der Waals surface area contributed by atoms with Crippen LogP contribution in [0.3, 0.4) is 0 Å². The molecule has 23 heavy (non-hydrogen) atoms. The topological polar surface area (TPSA) is 74.2 Å². The molecule has 1 fully saturated rings. The Balaban J connectivity index is 2.80. The molecule has 0 amide bonds. The highest BCUT2D eigenvalue weighted by Gasteiger charge is 2.44. The number of hydrogen-bond acceptors (Lipinski definition) is 8. The molecule has 0 spiro atoms. The maximum absolute atomic E-state index is 11.4. The van der Waals surface area contributed by atoms with Gasteiger partial charge in [-0.25, -0.2) is 4.79 Å². The van der Waals surface area contributed by atoms with Gasteiger partial charge in [0, 0.05) is 20.6 Å². The molecule has 1 rings (SSSR count). The van der Waals surface area contributed by atoms with Crippen molar-refractivity contribution in [2.75, 3.05) is 46.0 Å². The molecule has 1 heterocycles. The lowest BCUT2D eigenvalue weighted by Crippen LogP contribution is -2.46. The van der Waals surface area contributed by atoms with E-state index in [-0.39, 0.29) is 29.2 Å². The summed E-state index contributed by atoms with van der Waals surface area (Å²) in [6.45, 7) is 3.51. The molecule has 1 N–H and O–H groups in total. The van der Waals surface area contributed by atoms with Crippen molar-refractivity contribution >= 4 is 29.5 Å². The number of methoxy groups -OCH3 is 3. The van der Waals surface area contributed by atoms with E-state index in [1.807, 2.05) is 0 Å². The minimum atomic E-state index is -0.508. The van der Waals surface area contributed by atoms with E-state index >= 15 is 0 Å². The second-order valence-corrected chi connectivity index (χ2v) is 8.15. The van der Waals surface area contributed by atoms with Gasteiger partial charge in [0.1, 0.15) is 6.10 Å². The maximum atomic E-state index is 11.4. The van der Waals surface area contributed by atoms with Gasteiger partial charge in [0.2, 0.25) is 0 Å². The number of carbonyl (C=O) groups excluding carboxylic acids is 1. The van der Waals surface area contributed by atoms with Crippen LogP contribution in [0.15, 0.2) is 12.2 Å². The first-order chi connectivity index (χ1) is 11.0. The summed E-state index contributed by atoms with van der Waals surface area (Å²) in [4.78, 5) is 11.4. The highest BCUT2D eigenvalue weighted by Crippen LogP contribution is 2.49. The van der Waals surface area contributed by atoms with Crippen LogP contribution in [0.5, 0.6) is 0 Å². The Bertz CT molecular complexity index is 380. The molecule has 1 aliphatic rings. The Morgan fingerprint density at radius 1 is 1.26 bits per heavy atom. The van der Waals surface area contributed by atoms with Crippen LogP contribution >= 0.6 is 23.5 Å². The lowest BCUT2D eigenvalue weighted by Gasteiger charge is -2.42. The van der Waals surface area contributed by atoms with Gasteiger partial charge in [-0.05, 0) is 17.9 Å². The van der Waals surface area contributed by atoms with Crippen molar-refractivity contribution < 1.29 is 28.8 Å². The zero-order valence-corrected chi connectivity index (χ0v) is 15.5. The average Bonchev–Trinajstić information content (AvgIpc) is 2.60. The number of esters is 1. The average molecular weight is 367 g/mol. The summed E-state index contributed by atoms with van der Waals surface area (Å²) in [7, 11) is 4.48. The van der Waals surface area contributed by atoms with Crippen LogP contribution in [-0.2, 0) is 23.7 Å². The van der Waals surface area contributed by atoms with Crippen molar-refractivity contribution in [3.8, 4) is 0 Å². The fourth-order valence-electron chi connectivity index (χ4n) is 2.24. The van der Waals surface area contributed by atoms with Crippen LogP contribution in [0.2, 0.25) is 0 Å². The van der Waals surface area contributed by atoms with E-state index in [4.69, 9.17) is 14.2 Å². The van der Waals surface area contributed by atoms with E-state index in [0.29, 0.717) is 6.42 Å². The molecule has 8 heteroatoms. The normalized spacial score (nSPS) is 18.7. The van der Waals surface area contributed by atoms with Gasteiger partial charge < -0.3 is 24.1 Å². The summed E-state index contributed by atoms with van der Waals surface area (Å²) in [5, 5.41) is 9.83. The van der Waals surface area contributed by atoms with Crippen LogP contribution < -0.4 is 0 Å². The Kier molecular flexibility index (Phi) is 9.57. The Morgan fingerprint density at radius 3 is 2.35 bits per heavy atom. The SMILES string of the molecule is C=C(COC(CO)C1(CC(OC)OC)SCCCS1)C(=O)OC. The highest BCUT2D eigenvalue weighted by molar-refractivity contribution is 8.18. The van der Waals surface area contributed by atoms with E-state index < -0.39 is 12.1 Å². The summed E-state index contributed by atoms with van der Waals surface area (Å²) in [6, 6.07) is 0. The smallest absolute Gasteiger partial charge is 0.335 e. The van der Waals surface area contributed by atoms with Crippen molar-refractivity contribution in [2.45, 2.75) is 29.3 Å². The molecule has 1 unspecified atom stereocenters. The number of hydrogen-bond donors (Lipinski definition) is 1. The predicted molar refractivity (Wildman–Crippen MR) is 92.7 cm³/mol. The number of aliphatic hydroxyl groups excluding tert-OH is 1. The molecule has 1 aliphatic heterocycles. The first-order valence-electron chi connectivity index (χ1n) is 7.35. The molecule has 0 radical (unpaired) electrons. The predicted octanol–water partition coefficient (Wildman–Crippen LogP) is 1.67. The van der Waals surface area contributed by atoms with Gasteiger partial charge >= 0.3 is 5.97 Å². The van der Waals surface area contributed by atoms with E-state index in [9.17, 15) is 9.90 Å². The second kappa shape index (κ2) is 10.6. The maximum Gasteiger partial charge on any atom is 0.335 e. The number of carbonyl (C=O) groups is 1. The van der Waals surface area contributed by atoms with Crippen molar-refractivity contribution in [2.24, 2.45) is 0 Å². The Morgan fingerprint density at radius 2 is 1.87 bits per heavy atom. The van der Waals surface area contributed by atoms with Gasteiger partial charge in [-0.3, -0.25) is 0 Å². The molecule has 0 saturated carbocycles. The van der Waals surface area contributed by atoms with E-state index in [1.165, 1.54) is 7.11 Å². The van der Waals surface area contributed by atoms with Gasteiger partial charge in [-0.1, -0.05) is 6.58 Å². The van der Waals surface area contributed by atoms with Crippen LogP contribution in [0.4, 0.5) is 0 Å². The van der Waals surface area contributed by atoms with E-state index in [0.717, 1.165) is 17.9 Å². The molecule has 1 saturated heterocycles. The standard InChI is InChI=1S/C15H26O6S2/c1-11(14(17)20-4)10-21-12(9-16)15(8-13(18-2)19-3)22-6-5-7-23-15/h12-13,16H,1,5-10H2,2-4H3. The molecule has 0 aromatic heterocycles. The first kappa shape index (κ1) is 20.8. The van der Waals surface area contributed by atoms with Gasteiger partial charge in [0.05, 0.1) is 30.0 Å². The summed E-state index contributed by atoms with van der Waals surface area (Å²) >= 11 is 3.48. The van der Waals surface area contributed by atoms with E-state index in [1.54, 1.807) is 37.7 Å². The third-order valence-electron chi connectivity index (χ3n) is 3.55. The summed E-state index contributed by atoms with van der Waals surface area (Å²) in [6.07, 6.45) is 0.835. The molecule has 0 aromatic rings. The fourth-order valence-corrected chi connectivity index (χ4v) is 5.69. The van der Waals surface area contributed by atoms with Crippen LogP contribution in [0.1, 0.15) is 12.8 Å². The Labute approximate surface area is 146 Å². The number of rotatable bonds is 10. The molecular formula is C15H26O6S2. The molecule has 1 atom stereocenters. The second-order valence-electron chi connectivity index (χ2n) is 5.04. The third kappa shape index (κ3) is 5.95. The van der Waals surface area contributed by atoms with Gasteiger partial charge in [-0.2, -0.15) is 0 Å². The Hall–Kier alpha value is -0.250. The summed E-state index contributed by atoms with van der Waals surface area (Å²) in [5.41, 5.74) is 0.224. The molecule has 0 bridgehead atoms. The largest absolute Gasteiger partial charge is 0.466 e. The van der Waals surface area contributed by atoms with Crippen molar-refractivity contribution in [1.82, 2.24) is 0 Å². The third-order valence-corrected chi connectivity index (χ3v) is 7.08. The lowest BCUT2D eigenvalue weighted by atomic mass is 10.1. The van der Waals surface area contributed by atoms with Gasteiger partial charge in [0.25, 0.3) is 0 Å². The zero-order chi connectivity index (χ0) is 17.3. The van der Waals surface area contributed by atoms with Crippen LogP contribution in [0.25, 0.3) is 0 Å². The number of aliphatic hydroxyl groups is 1. The minimum Gasteiger partial charge on any atom is -0.466 e. The zero-order valence-electron chi connectivity index (χ0n) is 13.9. The fraction of sp³-hybridized carbons (Fsp3) is 0.800. The van der Waals surface area contributed by atoms with Gasteiger partial charge in [0.15, 0.2) is 6.29 Å². The van der Waals surface area contributed by atoms with Crippen molar-refractivity contribution in [3.63, 3.8) is 0 Å². The summed E-state index contributed by atoms with van der Waals surface area (Å²) < 4.78 is 20.7. The number of ether oxygens (including phenoxy) is 4. The molecule has 0 aliphatic carbocycles. The molecular weight excluding hydrogens is 340 g/mol. The quantitative estimate of drug-likeness (QED) is 0.356. The highest BCUT2D eigenvalue weighted by atomic mass is 32.2. The molecule has 6 nitrogen and oxygen atoms in total. The number of thioether (sulfide) groups is 2. The monoisotopic (exact) mass is 366 g/mol. The van der Waals surface area contributed by atoms with Crippen LogP contribution in [-0.4, -0.2) is 73.6 Å². The molecule has 0 aromatic carbocycles. The molecule has 134 valence electrons. The lowest BCUT2D eigenvalue weighted by molar-refractivity contribution is -0.137. The summed E-state index contributed by atoms with van der Waals surface area (Å²) in [5.74, 6) is 1.45. The van der Waals surface area contributed by atoms with Gasteiger partial charge in [-0.15, -0.1) is 23.5 Å². The minimum absolute atomic E-state index is 0.0192. The van der Waals surface area contributed by atoms with E-state index in [2.05, 4.69) is 11.3 Å². The first-order valence-corrected chi connectivity index (χ1v) is 9.32. The van der Waals surface area contributed by atoms with Crippen LogP contribution in [0, 0.1) is 0 Å².